The van der Waals surface area contributed by atoms with Crippen LogP contribution in [0, 0.1) is 0 Å². The molecule has 0 spiro atoms. The molecule has 2 aliphatic heterocycles. The Morgan fingerprint density at radius 3 is 2.69 bits per heavy atom. The van der Waals surface area contributed by atoms with Crippen LogP contribution in [0.2, 0.25) is 0 Å². The molecule has 0 aromatic carbocycles. The lowest BCUT2D eigenvalue weighted by Crippen LogP contribution is -2.50. The summed E-state index contributed by atoms with van der Waals surface area (Å²) in [4.78, 5) is 14.1. The number of nitrogens with one attached hydrogen (secondary N) is 2. The molecule has 2 saturated heterocycles. The summed E-state index contributed by atoms with van der Waals surface area (Å²) in [5.74, 6) is 0. The molecule has 0 aromatic heterocycles. The molecule has 2 atom stereocenters. The summed E-state index contributed by atoms with van der Waals surface area (Å²) in [5.41, 5.74) is 0. The molecule has 3 fully saturated rings. The topological polar surface area (TPSA) is 44.4 Å². The molecule has 1 aliphatic carbocycles. The normalized spacial score (nSPS) is 34.5. The predicted molar refractivity (Wildman–Crippen MR) is 64.9 cm³/mol. The van der Waals surface area contributed by atoms with Gasteiger partial charge in [0.15, 0.2) is 0 Å². The number of nitrogens with zero attached hydrogens (tertiary/aromatic N) is 1. The zero-order valence-electron chi connectivity index (χ0n) is 9.45. The van der Waals surface area contributed by atoms with Gasteiger partial charge in [0.05, 0.1) is 12.1 Å². The van der Waals surface area contributed by atoms with Gasteiger partial charge in [0.25, 0.3) is 0 Å². The smallest absolute Gasteiger partial charge is 0.318 e. The molecular weight excluding hydrogens is 226 g/mol. The van der Waals surface area contributed by atoms with E-state index in [2.05, 4.69) is 15.5 Å². The van der Waals surface area contributed by atoms with Crippen molar-refractivity contribution in [2.45, 2.75) is 50.2 Å². The lowest BCUT2D eigenvalue weighted by Gasteiger charge is -2.34. The molecule has 3 rings (SSSR count). The summed E-state index contributed by atoms with van der Waals surface area (Å²) < 4.78 is 0. The van der Waals surface area contributed by atoms with Crippen LogP contribution in [0.4, 0.5) is 4.79 Å². The maximum absolute atomic E-state index is 11.9. The molecule has 3 aliphatic rings. The standard InChI is InChI=1S/C11H19N3O.ClH/c15-11-13-9-7-12-6-5-10(9)14(11)8-3-1-2-4-8;/h8-10,12H,1-7H2,(H,13,15);1H/t9-,10+;/m0./s1. The maximum atomic E-state index is 11.9. The predicted octanol–water partition coefficient (Wildman–Crippen LogP) is 1.11. The van der Waals surface area contributed by atoms with Crippen LogP contribution >= 0.6 is 12.4 Å². The zero-order chi connectivity index (χ0) is 10.3. The molecule has 2 heterocycles. The van der Waals surface area contributed by atoms with E-state index in [4.69, 9.17) is 0 Å². The van der Waals surface area contributed by atoms with Crippen molar-refractivity contribution in [3.8, 4) is 0 Å². The van der Waals surface area contributed by atoms with Crippen molar-refractivity contribution in [2.75, 3.05) is 13.1 Å². The summed E-state index contributed by atoms with van der Waals surface area (Å²) in [6, 6.07) is 1.52. The first-order valence-electron chi connectivity index (χ1n) is 6.16. The fourth-order valence-corrected chi connectivity index (χ4v) is 3.33. The van der Waals surface area contributed by atoms with Gasteiger partial charge in [-0.05, 0) is 25.8 Å². The highest BCUT2D eigenvalue weighted by Crippen LogP contribution is 2.30. The molecular formula is C11H20ClN3O. The summed E-state index contributed by atoms with van der Waals surface area (Å²) in [5, 5.41) is 6.45. The van der Waals surface area contributed by atoms with Gasteiger partial charge in [0.1, 0.15) is 0 Å². The molecule has 0 unspecified atom stereocenters. The number of halogens is 1. The van der Waals surface area contributed by atoms with Crippen LogP contribution in [0.3, 0.4) is 0 Å². The van der Waals surface area contributed by atoms with Gasteiger partial charge >= 0.3 is 6.03 Å². The number of hydrogen-bond acceptors (Lipinski definition) is 2. The SMILES string of the molecule is Cl.O=C1N[C@H]2CNCC[C@H]2N1C1CCCC1. The van der Waals surface area contributed by atoms with Crippen LogP contribution in [0.5, 0.6) is 0 Å². The first kappa shape index (κ1) is 12.0. The third-order valence-electron chi connectivity index (χ3n) is 4.06. The van der Waals surface area contributed by atoms with E-state index in [1.807, 2.05) is 0 Å². The van der Waals surface area contributed by atoms with Crippen molar-refractivity contribution < 1.29 is 4.79 Å². The van der Waals surface area contributed by atoms with Gasteiger partial charge in [-0.3, -0.25) is 0 Å². The fourth-order valence-electron chi connectivity index (χ4n) is 3.33. The highest BCUT2D eigenvalue weighted by Gasteiger charge is 2.44. The number of fused-ring (bicyclic) bond motifs is 1. The number of carbonyl (C=O) groups excluding carboxylic acids is 1. The Morgan fingerprint density at radius 2 is 1.94 bits per heavy atom. The quantitative estimate of drug-likeness (QED) is 0.727. The maximum Gasteiger partial charge on any atom is 0.318 e. The molecule has 92 valence electrons. The largest absolute Gasteiger partial charge is 0.332 e. The fraction of sp³-hybridized carbons (Fsp3) is 0.909. The Kier molecular flexibility index (Phi) is 3.60. The molecule has 0 radical (unpaired) electrons. The highest BCUT2D eigenvalue weighted by atomic mass is 35.5. The number of amides is 2. The van der Waals surface area contributed by atoms with Crippen molar-refractivity contribution in [2.24, 2.45) is 0 Å². The van der Waals surface area contributed by atoms with E-state index in [9.17, 15) is 4.79 Å². The molecule has 1 saturated carbocycles. The number of carbonyl (C=O) groups is 1. The molecule has 16 heavy (non-hydrogen) atoms. The second-order valence-electron chi connectivity index (χ2n) is 4.96. The van der Waals surface area contributed by atoms with E-state index in [1.54, 1.807) is 0 Å². The number of urea groups is 1. The molecule has 4 nitrogen and oxygen atoms in total. The minimum absolute atomic E-state index is 0. The average Bonchev–Trinajstić information content (AvgIpc) is 2.82. The molecule has 2 amide bonds. The van der Waals surface area contributed by atoms with Crippen molar-refractivity contribution in [3.05, 3.63) is 0 Å². The minimum atomic E-state index is 0. The lowest BCUT2D eigenvalue weighted by molar-refractivity contribution is 0.160. The molecule has 0 bridgehead atoms. The number of rotatable bonds is 1. The van der Waals surface area contributed by atoms with Gasteiger partial charge in [0.2, 0.25) is 0 Å². The van der Waals surface area contributed by atoms with Crippen molar-refractivity contribution in [1.82, 2.24) is 15.5 Å². The second kappa shape index (κ2) is 4.80. The highest BCUT2D eigenvalue weighted by molar-refractivity contribution is 5.85. The van der Waals surface area contributed by atoms with E-state index in [0.717, 1.165) is 19.5 Å². The van der Waals surface area contributed by atoms with Crippen LogP contribution in [0.25, 0.3) is 0 Å². The Hall–Kier alpha value is -0.480. The van der Waals surface area contributed by atoms with Crippen molar-refractivity contribution >= 4 is 18.4 Å². The average molecular weight is 246 g/mol. The van der Waals surface area contributed by atoms with E-state index in [0.29, 0.717) is 18.1 Å². The van der Waals surface area contributed by atoms with E-state index in [1.165, 1.54) is 25.7 Å². The number of hydrogen-bond donors (Lipinski definition) is 2. The van der Waals surface area contributed by atoms with E-state index < -0.39 is 0 Å². The molecule has 2 N–H and O–H groups in total. The molecule has 5 heteroatoms. The van der Waals surface area contributed by atoms with Crippen LogP contribution in [0.1, 0.15) is 32.1 Å². The molecule has 0 aromatic rings. The van der Waals surface area contributed by atoms with E-state index >= 15 is 0 Å². The van der Waals surface area contributed by atoms with Gasteiger partial charge in [-0.2, -0.15) is 0 Å². The van der Waals surface area contributed by atoms with Gasteiger partial charge in [0, 0.05) is 12.6 Å². The van der Waals surface area contributed by atoms with Crippen LogP contribution in [-0.2, 0) is 0 Å². The van der Waals surface area contributed by atoms with Crippen LogP contribution < -0.4 is 10.6 Å². The second-order valence-corrected chi connectivity index (χ2v) is 4.96. The third-order valence-corrected chi connectivity index (χ3v) is 4.06. The van der Waals surface area contributed by atoms with Gasteiger partial charge in [-0.15, -0.1) is 12.4 Å². The zero-order valence-corrected chi connectivity index (χ0v) is 10.3. The third kappa shape index (κ3) is 1.89. The van der Waals surface area contributed by atoms with Crippen molar-refractivity contribution in [1.29, 1.82) is 0 Å². The van der Waals surface area contributed by atoms with Gasteiger partial charge in [-0.1, -0.05) is 12.8 Å². The summed E-state index contributed by atoms with van der Waals surface area (Å²) in [7, 11) is 0. The van der Waals surface area contributed by atoms with Gasteiger partial charge < -0.3 is 15.5 Å². The first-order chi connectivity index (χ1) is 7.36. The Balaban J connectivity index is 0.000000963. The summed E-state index contributed by atoms with van der Waals surface area (Å²) >= 11 is 0. The van der Waals surface area contributed by atoms with E-state index in [-0.39, 0.29) is 18.4 Å². The summed E-state index contributed by atoms with van der Waals surface area (Å²) in [6.45, 7) is 2.00. The Morgan fingerprint density at radius 1 is 1.19 bits per heavy atom. The Bertz CT molecular complexity index is 268. The Labute approximate surface area is 103 Å². The minimum Gasteiger partial charge on any atom is -0.332 e. The van der Waals surface area contributed by atoms with Gasteiger partial charge in [-0.25, -0.2) is 4.79 Å². The summed E-state index contributed by atoms with van der Waals surface area (Å²) in [6.07, 6.45) is 6.13. The van der Waals surface area contributed by atoms with Crippen LogP contribution in [0.15, 0.2) is 0 Å². The van der Waals surface area contributed by atoms with Crippen molar-refractivity contribution in [3.63, 3.8) is 0 Å². The first-order valence-corrected chi connectivity index (χ1v) is 6.16. The lowest BCUT2D eigenvalue weighted by atomic mass is 10.00. The van der Waals surface area contributed by atoms with Crippen LogP contribution in [-0.4, -0.2) is 42.1 Å². The monoisotopic (exact) mass is 245 g/mol. The number of piperidine rings is 1.